The number of aliphatic hydroxyl groups excluding tert-OH is 1. The molecule has 0 aliphatic rings. The molecule has 0 amide bonds. The molecule has 1 aromatic carbocycles. The molecule has 86 valence electrons. The highest BCUT2D eigenvalue weighted by Gasteiger charge is 2.01. The maximum atomic E-state index is 8.86. The fraction of sp³-hybridized carbons (Fsp3) is 0.538. The van der Waals surface area contributed by atoms with E-state index < -0.39 is 0 Å². The van der Waals surface area contributed by atoms with Crippen LogP contribution in [0.15, 0.2) is 24.3 Å². The number of anilines is 1. The average molecular weight is 209 g/mol. The van der Waals surface area contributed by atoms with E-state index in [2.05, 4.69) is 36.9 Å². The number of aryl methyl sites for hydroxylation is 1. The van der Waals surface area contributed by atoms with Crippen molar-refractivity contribution in [2.24, 2.45) is 0 Å². The molecule has 0 saturated heterocycles. The van der Waals surface area contributed by atoms with Crippen LogP contribution in [0.4, 0.5) is 5.69 Å². The van der Waals surface area contributed by atoms with Gasteiger partial charge in [0.1, 0.15) is 0 Å². The van der Waals surface area contributed by atoms with Crippen LogP contribution in [0.1, 0.15) is 26.3 Å². The van der Waals surface area contributed by atoms with E-state index in [9.17, 15) is 0 Å². The summed E-state index contributed by atoms with van der Waals surface area (Å²) in [5.41, 5.74) is 2.45. The van der Waals surface area contributed by atoms with E-state index in [-0.39, 0.29) is 6.61 Å². The zero-order valence-corrected chi connectivity index (χ0v) is 10.3. The van der Waals surface area contributed by atoms with Gasteiger partial charge in [0.15, 0.2) is 0 Å². The highest BCUT2D eigenvalue weighted by Crippen LogP contribution is 2.14. The number of rotatable bonds is 4. The van der Waals surface area contributed by atoms with Gasteiger partial charge in [-0.1, -0.05) is 26.0 Å². The SMILES string of the molecule is CC.CCN(CCO)c1cccc(C)c1. The summed E-state index contributed by atoms with van der Waals surface area (Å²) in [6.45, 7) is 10.0. The Labute approximate surface area is 93.5 Å². The zero-order chi connectivity index (χ0) is 11.7. The smallest absolute Gasteiger partial charge is 0.0606 e. The van der Waals surface area contributed by atoms with Crippen molar-refractivity contribution in [2.75, 3.05) is 24.6 Å². The average Bonchev–Trinajstić information content (AvgIpc) is 2.28. The van der Waals surface area contributed by atoms with Crippen LogP contribution in [0.2, 0.25) is 0 Å². The normalized spacial score (nSPS) is 9.13. The second-order valence-electron chi connectivity index (χ2n) is 3.14. The van der Waals surface area contributed by atoms with Gasteiger partial charge in [-0.15, -0.1) is 0 Å². The van der Waals surface area contributed by atoms with Gasteiger partial charge in [-0.25, -0.2) is 0 Å². The molecule has 2 heteroatoms. The van der Waals surface area contributed by atoms with Gasteiger partial charge in [-0.2, -0.15) is 0 Å². The molecular weight excluding hydrogens is 186 g/mol. The lowest BCUT2D eigenvalue weighted by Gasteiger charge is -2.22. The zero-order valence-electron chi connectivity index (χ0n) is 10.3. The van der Waals surface area contributed by atoms with Gasteiger partial charge in [0.2, 0.25) is 0 Å². The Balaban J connectivity index is 0.000000921. The fourth-order valence-corrected chi connectivity index (χ4v) is 1.42. The molecule has 15 heavy (non-hydrogen) atoms. The van der Waals surface area contributed by atoms with Gasteiger partial charge in [0, 0.05) is 18.8 Å². The van der Waals surface area contributed by atoms with Gasteiger partial charge in [-0.3, -0.25) is 0 Å². The van der Waals surface area contributed by atoms with E-state index in [4.69, 9.17) is 5.11 Å². The quantitative estimate of drug-likeness (QED) is 0.824. The highest BCUT2D eigenvalue weighted by atomic mass is 16.3. The second kappa shape index (κ2) is 8.30. The van der Waals surface area contributed by atoms with E-state index in [1.54, 1.807) is 0 Å². The summed E-state index contributed by atoms with van der Waals surface area (Å²) < 4.78 is 0. The van der Waals surface area contributed by atoms with Crippen LogP contribution in [0.3, 0.4) is 0 Å². The maximum Gasteiger partial charge on any atom is 0.0606 e. The first-order valence-corrected chi connectivity index (χ1v) is 5.70. The predicted octanol–water partition coefficient (Wildman–Crippen LogP) is 2.84. The summed E-state index contributed by atoms with van der Waals surface area (Å²) in [7, 11) is 0. The molecule has 0 atom stereocenters. The number of nitrogens with zero attached hydrogens (tertiary/aromatic N) is 1. The topological polar surface area (TPSA) is 23.5 Å². The van der Waals surface area contributed by atoms with Crippen molar-refractivity contribution < 1.29 is 5.11 Å². The number of hydrogen-bond donors (Lipinski definition) is 1. The Morgan fingerprint density at radius 3 is 2.40 bits per heavy atom. The Morgan fingerprint density at radius 1 is 1.27 bits per heavy atom. The maximum absolute atomic E-state index is 8.86. The Kier molecular flexibility index (Phi) is 7.74. The van der Waals surface area contributed by atoms with Crippen molar-refractivity contribution in [2.45, 2.75) is 27.7 Å². The van der Waals surface area contributed by atoms with Crippen molar-refractivity contribution in [3.63, 3.8) is 0 Å². The molecule has 0 radical (unpaired) electrons. The first-order valence-electron chi connectivity index (χ1n) is 5.70. The summed E-state index contributed by atoms with van der Waals surface area (Å²) >= 11 is 0. The molecule has 1 rings (SSSR count). The third kappa shape index (κ3) is 4.84. The molecule has 0 aliphatic carbocycles. The molecule has 0 bridgehead atoms. The number of likely N-dealkylation sites (N-methyl/N-ethyl adjacent to an activating group) is 1. The van der Waals surface area contributed by atoms with Crippen molar-refractivity contribution >= 4 is 5.69 Å². The van der Waals surface area contributed by atoms with E-state index in [1.807, 2.05) is 19.9 Å². The molecule has 0 heterocycles. The molecule has 0 aliphatic heterocycles. The Bertz CT molecular complexity index is 260. The summed E-state index contributed by atoms with van der Waals surface area (Å²) in [4.78, 5) is 2.16. The van der Waals surface area contributed by atoms with Crippen molar-refractivity contribution in [3.8, 4) is 0 Å². The second-order valence-corrected chi connectivity index (χ2v) is 3.14. The van der Waals surface area contributed by atoms with Crippen LogP contribution in [0.25, 0.3) is 0 Å². The molecule has 2 nitrogen and oxygen atoms in total. The Morgan fingerprint density at radius 2 is 1.93 bits per heavy atom. The highest BCUT2D eigenvalue weighted by molar-refractivity contribution is 5.48. The first-order chi connectivity index (χ1) is 7.27. The molecule has 0 fully saturated rings. The molecule has 0 saturated carbocycles. The number of aliphatic hydroxyl groups is 1. The van der Waals surface area contributed by atoms with Crippen molar-refractivity contribution in [1.82, 2.24) is 0 Å². The molecule has 1 N–H and O–H groups in total. The minimum absolute atomic E-state index is 0.210. The number of hydrogen-bond acceptors (Lipinski definition) is 2. The van der Waals surface area contributed by atoms with Crippen LogP contribution in [0.5, 0.6) is 0 Å². The third-order valence-electron chi connectivity index (χ3n) is 2.12. The van der Waals surface area contributed by atoms with Gasteiger partial charge < -0.3 is 10.0 Å². The lowest BCUT2D eigenvalue weighted by molar-refractivity contribution is 0.302. The molecule has 0 unspecified atom stereocenters. The summed E-state index contributed by atoms with van der Waals surface area (Å²) in [5.74, 6) is 0. The molecular formula is C13H23NO. The summed E-state index contributed by atoms with van der Waals surface area (Å²) in [6, 6.07) is 8.34. The van der Waals surface area contributed by atoms with Crippen LogP contribution in [-0.4, -0.2) is 24.8 Å². The minimum Gasteiger partial charge on any atom is -0.395 e. The van der Waals surface area contributed by atoms with Crippen LogP contribution in [0, 0.1) is 6.92 Å². The van der Waals surface area contributed by atoms with Crippen molar-refractivity contribution in [1.29, 1.82) is 0 Å². The molecule has 0 spiro atoms. The Hall–Kier alpha value is -1.02. The third-order valence-corrected chi connectivity index (χ3v) is 2.12. The minimum atomic E-state index is 0.210. The lowest BCUT2D eigenvalue weighted by atomic mass is 10.2. The van der Waals surface area contributed by atoms with E-state index in [0.717, 1.165) is 6.54 Å². The van der Waals surface area contributed by atoms with Crippen LogP contribution < -0.4 is 4.90 Å². The summed E-state index contributed by atoms with van der Waals surface area (Å²) in [6.07, 6.45) is 0. The summed E-state index contributed by atoms with van der Waals surface area (Å²) in [5, 5.41) is 8.86. The van der Waals surface area contributed by atoms with Gasteiger partial charge in [0.05, 0.1) is 6.61 Å². The van der Waals surface area contributed by atoms with E-state index in [0.29, 0.717) is 6.54 Å². The predicted molar refractivity (Wildman–Crippen MR) is 67.5 cm³/mol. The van der Waals surface area contributed by atoms with Gasteiger partial charge >= 0.3 is 0 Å². The first kappa shape index (κ1) is 14.0. The number of benzene rings is 1. The molecule has 0 aromatic heterocycles. The van der Waals surface area contributed by atoms with Gasteiger partial charge in [0.25, 0.3) is 0 Å². The van der Waals surface area contributed by atoms with E-state index >= 15 is 0 Å². The lowest BCUT2D eigenvalue weighted by Crippen LogP contribution is -2.26. The van der Waals surface area contributed by atoms with Crippen LogP contribution in [-0.2, 0) is 0 Å². The van der Waals surface area contributed by atoms with Crippen molar-refractivity contribution in [3.05, 3.63) is 29.8 Å². The van der Waals surface area contributed by atoms with Crippen LogP contribution >= 0.6 is 0 Å². The largest absolute Gasteiger partial charge is 0.395 e. The standard InChI is InChI=1S/C11H17NO.C2H6/c1-3-12(7-8-13)11-6-4-5-10(2)9-11;1-2/h4-6,9,13H,3,7-8H2,1-2H3;1-2H3. The monoisotopic (exact) mass is 209 g/mol. The fourth-order valence-electron chi connectivity index (χ4n) is 1.42. The van der Waals surface area contributed by atoms with E-state index in [1.165, 1.54) is 11.3 Å². The van der Waals surface area contributed by atoms with Gasteiger partial charge in [-0.05, 0) is 31.5 Å². The molecule has 1 aromatic rings.